The van der Waals surface area contributed by atoms with Crippen molar-refractivity contribution in [1.82, 2.24) is 4.98 Å². The first-order chi connectivity index (χ1) is 12.9. The number of nitrogens with zero attached hydrogens (tertiary/aromatic N) is 1. The minimum atomic E-state index is 0.00460. The Hall–Kier alpha value is -1.55. The first-order valence-corrected chi connectivity index (χ1v) is 11.1. The molecule has 0 amide bonds. The van der Waals surface area contributed by atoms with Gasteiger partial charge in [0, 0.05) is 23.4 Å². The fraction of sp³-hybridized carbons (Fsp3) is 0.609. The van der Waals surface area contributed by atoms with Gasteiger partial charge in [0.25, 0.3) is 0 Å². The number of hydrogen-bond donors (Lipinski definition) is 1. The molecule has 0 spiro atoms. The Morgan fingerprint density at radius 2 is 2.15 bits per heavy atom. The number of Topliss-reactive ketones (excluding diaryl/α,β-unsaturated/α-hetero) is 1. The van der Waals surface area contributed by atoms with Crippen LogP contribution in [0.4, 0.5) is 0 Å². The van der Waals surface area contributed by atoms with Crippen LogP contribution in [0.15, 0.2) is 34.2 Å². The Morgan fingerprint density at radius 3 is 2.63 bits per heavy atom. The molecular weight excluding hydrogens is 352 g/mol. The number of ketones is 1. The molecule has 4 unspecified atom stereocenters. The molecule has 1 aromatic heterocycles. The van der Waals surface area contributed by atoms with Gasteiger partial charge in [-0.05, 0) is 42.9 Å². The Balaban J connectivity index is 1.64. The molecule has 1 saturated carbocycles. The molecule has 2 aliphatic rings. The monoisotopic (exact) mass is 384 g/mol. The lowest BCUT2D eigenvalue weighted by Gasteiger charge is -2.26. The third-order valence-corrected chi connectivity index (χ3v) is 7.34. The van der Waals surface area contributed by atoms with Gasteiger partial charge in [0.15, 0.2) is 5.78 Å². The molecule has 0 bridgehead atoms. The van der Waals surface area contributed by atoms with Crippen molar-refractivity contribution in [3.8, 4) is 0 Å². The van der Waals surface area contributed by atoms with Crippen LogP contribution in [0.25, 0.3) is 0 Å². The highest BCUT2D eigenvalue weighted by Crippen LogP contribution is 2.57. The number of nitrogens with one attached hydrogen (secondary N) is 1. The molecule has 0 radical (unpaired) electrons. The predicted molar refractivity (Wildman–Crippen MR) is 114 cm³/mol. The number of thiazole rings is 1. The van der Waals surface area contributed by atoms with E-state index >= 15 is 0 Å². The summed E-state index contributed by atoms with van der Waals surface area (Å²) in [4.78, 5) is 16.9. The first-order valence-electron chi connectivity index (χ1n) is 10.2. The average Bonchev–Trinajstić information content (AvgIpc) is 3.06. The molecule has 1 N–H and O–H groups in total. The van der Waals surface area contributed by atoms with E-state index in [4.69, 9.17) is 5.41 Å². The summed E-state index contributed by atoms with van der Waals surface area (Å²) < 4.78 is 0. The van der Waals surface area contributed by atoms with E-state index < -0.39 is 0 Å². The van der Waals surface area contributed by atoms with Gasteiger partial charge in [-0.2, -0.15) is 0 Å². The molecule has 1 fully saturated rings. The zero-order chi connectivity index (χ0) is 19.6. The van der Waals surface area contributed by atoms with E-state index in [-0.39, 0.29) is 11.7 Å². The van der Waals surface area contributed by atoms with E-state index in [1.54, 1.807) is 11.7 Å². The maximum absolute atomic E-state index is 12.7. The van der Waals surface area contributed by atoms with Crippen molar-refractivity contribution in [2.75, 3.05) is 0 Å². The molecule has 27 heavy (non-hydrogen) atoms. The summed E-state index contributed by atoms with van der Waals surface area (Å²) in [6.07, 6.45) is 11.5. The van der Waals surface area contributed by atoms with Crippen LogP contribution in [0.2, 0.25) is 0 Å². The standard InChI is InChI=1S/C23H32N2OS/c1-5-17(15(2)22(26)21-13-27-14-25-21)10-16-6-8-18(9-7-16)19(12-24)20-11-23(20,3)4/h6,8,12-15,17,19-20,24H,5,7,9-11H2,1-4H3. The van der Waals surface area contributed by atoms with Gasteiger partial charge in [-0.25, -0.2) is 4.98 Å². The van der Waals surface area contributed by atoms with Gasteiger partial charge in [0.05, 0.1) is 5.51 Å². The molecule has 0 aliphatic heterocycles. The van der Waals surface area contributed by atoms with Crippen LogP contribution < -0.4 is 0 Å². The highest BCUT2D eigenvalue weighted by atomic mass is 32.1. The maximum atomic E-state index is 12.7. The molecule has 3 rings (SSSR count). The lowest BCUT2D eigenvalue weighted by Crippen LogP contribution is -2.22. The highest BCUT2D eigenvalue weighted by molar-refractivity contribution is 7.07. The minimum Gasteiger partial charge on any atom is -0.312 e. The smallest absolute Gasteiger partial charge is 0.185 e. The largest absolute Gasteiger partial charge is 0.312 e. The molecule has 4 atom stereocenters. The van der Waals surface area contributed by atoms with Crippen LogP contribution in [0, 0.1) is 34.5 Å². The minimum absolute atomic E-state index is 0.00460. The second-order valence-electron chi connectivity index (χ2n) is 8.96. The quantitative estimate of drug-likeness (QED) is 0.399. The maximum Gasteiger partial charge on any atom is 0.185 e. The fourth-order valence-electron chi connectivity index (χ4n) is 4.54. The van der Waals surface area contributed by atoms with E-state index in [1.165, 1.54) is 28.9 Å². The van der Waals surface area contributed by atoms with Crippen molar-refractivity contribution in [3.05, 3.63) is 39.9 Å². The number of rotatable bonds is 9. The number of hydrogen-bond acceptors (Lipinski definition) is 4. The van der Waals surface area contributed by atoms with Gasteiger partial charge >= 0.3 is 0 Å². The Morgan fingerprint density at radius 1 is 1.41 bits per heavy atom. The van der Waals surface area contributed by atoms with Crippen LogP contribution in [0.5, 0.6) is 0 Å². The molecule has 1 aromatic rings. The second-order valence-corrected chi connectivity index (χ2v) is 9.68. The van der Waals surface area contributed by atoms with E-state index in [1.807, 2.05) is 5.38 Å². The topological polar surface area (TPSA) is 53.8 Å². The second kappa shape index (κ2) is 8.22. The van der Waals surface area contributed by atoms with Gasteiger partial charge in [-0.1, -0.05) is 57.4 Å². The van der Waals surface area contributed by atoms with Crippen LogP contribution in [0.3, 0.4) is 0 Å². The lowest BCUT2D eigenvalue weighted by molar-refractivity contribution is 0.0878. The van der Waals surface area contributed by atoms with Crippen molar-refractivity contribution >= 4 is 23.3 Å². The average molecular weight is 385 g/mol. The van der Waals surface area contributed by atoms with E-state index in [0.29, 0.717) is 28.9 Å². The molecule has 1 heterocycles. The van der Waals surface area contributed by atoms with Crippen LogP contribution in [-0.2, 0) is 0 Å². The first kappa shape index (κ1) is 20.2. The SMILES string of the molecule is CCC(CC1=CC=C(C(C=N)C2CC2(C)C)CC1)C(C)C(=O)c1cscn1. The predicted octanol–water partition coefficient (Wildman–Crippen LogP) is 6.34. The fourth-order valence-corrected chi connectivity index (χ4v) is 5.08. The van der Waals surface area contributed by atoms with Crippen molar-refractivity contribution in [3.63, 3.8) is 0 Å². The summed E-state index contributed by atoms with van der Waals surface area (Å²) in [5, 5.41) is 9.74. The number of aromatic nitrogens is 1. The van der Waals surface area contributed by atoms with Crippen LogP contribution in [0.1, 0.15) is 70.3 Å². The van der Waals surface area contributed by atoms with Crippen molar-refractivity contribution in [1.29, 1.82) is 5.41 Å². The van der Waals surface area contributed by atoms with E-state index in [2.05, 4.69) is 44.8 Å². The molecule has 146 valence electrons. The third kappa shape index (κ3) is 4.48. The van der Waals surface area contributed by atoms with Crippen molar-refractivity contribution < 1.29 is 4.79 Å². The zero-order valence-corrected chi connectivity index (χ0v) is 17.8. The molecular formula is C23H32N2OS. The highest BCUT2D eigenvalue weighted by Gasteiger charge is 2.50. The third-order valence-electron chi connectivity index (χ3n) is 6.75. The molecule has 0 aromatic carbocycles. The lowest BCUT2D eigenvalue weighted by atomic mass is 9.79. The summed E-state index contributed by atoms with van der Waals surface area (Å²) in [5.41, 5.74) is 5.61. The van der Waals surface area contributed by atoms with Gasteiger partial charge in [0.1, 0.15) is 5.69 Å². The van der Waals surface area contributed by atoms with Crippen molar-refractivity contribution in [2.24, 2.45) is 29.1 Å². The molecule has 3 nitrogen and oxygen atoms in total. The number of allylic oxidation sites excluding steroid dienone is 4. The van der Waals surface area contributed by atoms with E-state index in [9.17, 15) is 4.79 Å². The van der Waals surface area contributed by atoms with Crippen LogP contribution >= 0.6 is 11.3 Å². The normalized spacial score (nSPS) is 24.4. The van der Waals surface area contributed by atoms with Gasteiger partial charge in [-0.3, -0.25) is 4.79 Å². The number of carbonyl (C=O) groups is 1. The molecule has 2 aliphatic carbocycles. The van der Waals surface area contributed by atoms with Crippen molar-refractivity contribution in [2.45, 2.75) is 59.8 Å². The number of carbonyl (C=O) groups excluding carboxylic acids is 1. The Bertz CT molecular complexity index is 744. The summed E-state index contributed by atoms with van der Waals surface area (Å²) >= 11 is 1.48. The van der Waals surface area contributed by atoms with Gasteiger partial charge in [0.2, 0.25) is 0 Å². The molecule has 0 saturated heterocycles. The Kier molecular flexibility index (Phi) is 6.15. The summed E-state index contributed by atoms with van der Waals surface area (Å²) in [5.74, 6) is 1.49. The van der Waals surface area contributed by atoms with Gasteiger partial charge in [-0.15, -0.1) is 11.3 Å². The zero-order valence-electron chi connectivity index (χ0n) is 17.0. The van der Waals surface area contributed by atoms with Gasteiger partial charge < -0.3 is 5.41 Å². The summed E-state index contributed by atoms with van der Waals surface area (Å²) in [6.45, 7) is 8.86. The molecule has 4 heteroatoms. The summed E-state index contributed by atoms with van der Waals surface area (Å²) in [7, 11) is 0. The Labute approximate surface area is 167 Å². The summed E-state index contributed by atoms with van der Waals surface area (Å²) in [6, 6.07) is 0. The van der Waals surface area contributed by atoms with Crippen LogP contribution in [-0.4, -0.2) is 17.0 Å². The van der Waals surface area contributed by atoms with E-state index in [0.717, 1.165) is 25.7 Å².